The second kappa shape index (κ2) is 6.62. The van der Waals surface area contributed by atoms with E-state index >= 15 is 0 Å². The molecule has 0 spiro atoms. The number of hydrogen-bond acceptors (Lipinski definition) is 2. The van der Waals surface area contributed by atoms with Crippen LogP contribution in [0.4, 0.5) is 0 Å². The lowest BCUT2D eigenvalue weighted by Crippen LogP contribution is -2.18. The first-order chi connectivity index (χ1) is 9.09. The van der Waals surface area contributed by atoms with E-state index in [1.807, 2.05) is 0 Å². The van der Waals surface area contributed by atoms with Crippen molar-refractivity contribution >= 4 is 11.6 Å². The summed E-state index contributed by atoms with van der Waals surface area (Å²) in [6.45, 7) is 4.92. The lowest BCUT2D eigenvalue weighted by atomic mass is 9.87. The summed E-state index contributed by atoms with van der Waals surface area (Å²) < 4.78 is 5.78. The molecule has 3 heteroatoms. The average molecular weight is 283 g/mol. The first-order valence-corrected chi connectivity index (χ1v) is 7.58. The Morgan fingerprint density at radius 3 is 2.84 bits per heavy atom. The van der Waals surface area contributed by atoms with E-state index in [0.29, 0.717) is 17.6 Å². The monoisotopic (exact) mass is 282 g/mol. The smallest absolute Gasteiger partial charge is 0.134 e. The summed E-state index contributed by atoms with van der Waals surface area (Å²) in [6.07, 6.45) is 8.60. The molecule has 0 bridgehead atoms. The average Bonchev–Trinajstić information content (AvgIpc) is 2.38. The van der Waals surface area contributed by atoms with Crippen molar-refractivity contribution < 1.29 is 9.84 Å². The standard InChI is InChI=1S/C16H23ClO2/c1-11(2)10-19-15-9-5-7-13(16(15)17)12-6-3-4-8-14(12)18/h6,9,11,14,18H,3-5,7-8,10H2,1-2H3. The molecule has 0 fully saturated rings. The molecule has 2 aliphatic rings. The van der Waals surface area contributed by atoms with Crippen LogP contribution in [0, 0.1) is 5.92 Å². The number of aliphatic hydroxyl groups is 1. The van der Waals surface area contributed by atoms with E-state index in [-0.39, 0.29) is 6.10 Å². The van der Waals surface area contributed by atoms with Crippen LogP contribution in [0.5, 0.6) is 0 Å². The third kappa shape index (κ3) is 3.64. The van der Waals surface area contributed by atoms with Crippen molar-refractivity contribution in [3.8, 4) is 0 Å². The summed E-state index contributed by atoms with van der Waals surface area (Å²) >= 11 is 6.47. The van der Waals surface area contributed by atoms with Crippen LogP contribution in [0.1, 0.15) is 46.0 Å². The van der Waals surface area contributed by atoms with Gasteiger partial charge in [0.25, 0.3) is 0 Å². The summed E-state index contributed by atoms with van der Waals surface area (Å²) in [7, 11) is 0. The van der Waals surface area contributed by atoms with Gasteiger partial charge in [-0.3, -0.25) is 0 Å². The molecule has 0 aromatic heterocycles. The number of rotatable bonds is 4. The van der Waals surface area contributed by atoms with E-state index in [4.69, 9.17) is 16.3 Å². The fourth-order valence-electron chi connectivity index (χ4n) is 2.53. The second-order valence-electron chi connectivity index (χ2n) is 5.71. The highest BCUT2D eigenvalue weighted by atomic mass is 35.5. The first kappa shape index (κ1) is 14.7. The normalized spacial score (nSPS) is 24.4. The highest BCUT2D eigenvalue weighted by Gasteiger charge is 2.24. The number of hydrogen-bond donors (Lipinski definition) is 1. The predicted octanol–water partition coefficient (Wildman–Crippen LogP) is 4.30. The third-order valence-corrected chi connectivity index (χ3v) is 3.95. The Balaban J connectivity index is 2.17. The van der Waals surface area contributed by atoms with Crippen molar-refractivity contribution in [2.24, 2.45) is 5.92 Å². The lowest BCUT2D eigenvalue weighted by Gasteiger charge is -2.26. The van der Waals surface area contributed by atoms with Gasteiger partial charge in [0.1, 0.15) is 5.76 Å². The molecule has 2 aliphatic carbocycles. The largest absolute Gasteiger partial charge is 0.492 e. The van der Waals surface area contributed by atoms with E-state index in [1.54, 1.807) is 0 Å². The van der Waals surface area contributed by atoms with Gasteiger partial charge in [0.2, 0.25) is 0 Å². The summed E-state index contributed by atoms with van der Waals surface area (Å²) in [4.78, 5) is 0. The molecule has 2 rings (SSSR count). The Morgan fingerprint density at radius 1 is 1.37 bits per heavy atom. The van der Waals surface area contributed by atoms with Crippen molar-refractivity contribution in [2.45, 2.75) is 52.1 Å². The Labute approximate surface area is 120 Å². The maximum Gasteiger partial charge on any atom is 0.134 e. The van der Waals surface area contributed by atoms with Crippen LogP contribution in [-0.2, 0) is 4.74 Å². The van der Waals surface area contributed by atoms with Gasteiger partial charge >= 0.3 is 0 Å². The van der Waals surface area contributed by atoms with Crippen LogP contribution in [-0.4, -0.2) is 17.8 Å². The van der Waals surface area contributed by atoms with Crippen molar-refractivity contribution in [3.63, 3.8) is 0 Å². The molecule has 0 heterocycles. The van der Waals surface area contributed by atoms with Crippen molar-refractivity contribution in [2.75, 3.05) is 6.61 Å². The molecule has 19 heavy (non-hydrogen) atoms. The van der Waals surface area contributed by atoms with Gasteiger partial charge in [-0.15, -0.1) is 0 Å². The molecule has 106 valence electrons. The van der Waals surface area contributed by atoms with E-state index in [1.165, 1.54) is 0 Å². The van der Waals surface area contributed by atoms with Gasteiger partial charge in [0.15, 0.2) is 0 Å². The van der Waals surface area contributed by atoms with E-state index in [2.05, 4.69) is 26.0 Å². The number of halogens is 1. The molecular weight excluding hydrogens is 260 g/mol. The molecule has 1 N–H and O–H groups in total. The summed E-state index contributed by atoms with van der Waals surface area (Å²) in [6, 6.07) is 0. The quantitative estimate of drug-likeness (QED) is 0.833. The molecule has 0 saturated heterocycles. The van der Waals surface area contributed by atoms with Crippen LogP contribution >= 0.6 is 11.6 Å². The van der Waals surface area contributed by atoms with Gasteiger partial charge in [-0.1, -0.05) is 31.5 Å². The van der Waals surface area contributed by atoms with Crippen LogP contribution in [0.3, 0.4) is 0 Å². The summed E-state index contributed by atoms with van der Waals surface area (Å²) in [5.41, 5.74) is 2.10. The SMILES string of the molecule is CC(C)COC1=CCCC(C2=CCCCC2O)=C1Cl. The van der Waals surface area contributed by atoms with Crippen LogP contribution in [0.25, 0.3) is 0 Å². The van der Waals surface area contributed by atoms with Crippen molar-refractivity contribution in [1.82, 2.24) is 0 Å². The Kier molecular flexibility index (Phi) is 5.12. The van der Waals surface area contributed by atoms with Gasteiger partial charge in [0.05, 0.1) is 17.7 Å². The van der Waals surface area contributed by atoms with Crippen LogP contribution < -0.4 is 0 Å². The molecule has 2 nitrogen and oxygen atoms in total. The Hall–Kier alpha value is -0.730. The molecule has 1 unspecified atom stereocenters. The molecule has 0 amide bonds. The van der Waals surface area contributed by atoms with E-state index in [9.17, 15) is 5.11 Å². The number of allylic oxidation sites excluding steroid dienone is 3. The zero-order chi connectivity index (χ0) is 13.8. The fourth-order valence-corrected chi connectivity index (χ4v) is 2.87. The number of aliphatic hydroxyl groups excluding tert-OH is 1. The molecule has 0 saturated carbocycles. The number of ether oxygens (including phenoxy) is 1. The summed E-state index contributed by atoms with van der Waals surface area (Å²) in [5, 5.41) is 10.8. The fraction of sp³-hybridized carbons (Fsp3) is 0.625. The molecule has 0 radical (unpaired) electrons. The molecule has 0 aromatic rings. The summed E-state index contributed by atoms with van der Waals surface area (Å²) in [5.74, 6) is 1.27. The maximum atomic E-state index is 10.1. The van der Waals surface area contributed by atoms with Crippen molar-refractivity contribution in [1.29, 1.82) is 0 Å². The van der Waals surface area contributed by atoms with Gasteiger partial charge in [-0.2, -0.15) is 0 Å². The molecule has 1 atom stereocenters. The third-order valence-electron chi connectivity index (χ3n) is 3.53. The molecule has 0 aliphatic heterocycles. The van der Waals surface area contributed by atoms with E-state index in [0.717, 1.165) is 49.0 Å². The van der Waals surface area contributed by atoms with Gasteiger partial charge in [0, 0.05) is 0 Å². The predicted molar refractivity (Wildman–Crippen MR) is 78.9 cm³/mol. The Bertz CT molecular complexity index is 418. The maximum absolute atomic E-state index is 10.1. The van der Waals surface area contributed by atoms with Gasteiger partial charge in [-0.05, 0) is 55.2 Å². The minimum absolute atomic E-state index is 0.359. The first-order valence-electron chi connectivity index (χ1n) is 7.20. The molecular formula is C16H23ClO2. The minimum Gasteiger partial charge on any atom is -0.492 e. The van der Waals surface area contributed by atoms with Crippen LogP contribution in [0.15, 0.2) is 34.1 Å². The second-order valence-corrected chi connectivity index (χ2v) is 6.09. The molecule has 0 aromatic carbocycles. The minimum atomic E-state index is -0.359. The highest BCUT2D eigenvalue weighted by molar-refractivity contribution is 6.32. The zero-order valence-electron chi connectivity index (χ0n) is 11.8. The Morgan fingerprint density at radius 2 is 2.16 bits per heavy atom. The van der Waals surface area contributed by atoms with Crippen LogP contribution in [0.2, 0.25) is 0 Å². The zero-order valence-corrected chi connectivity index (χ0v) is 12.5. The van der Waals surface area contributed by atoms with Crippen molar-refractivity contribution in [3.05, 3.63) is 34.1 Å². The highest BCUT2D eigenvalue weighted by Crippen LogP contribution is 2.37. The lowest BCUT2D eigenvalue weighted by molar-refractivity contribution is 0.183. The van der Waals surface area contributed by atoms with Gasteiger partial charge < -0.3 is 9.84 Å². The topological polar surface area (TPSA) is 29.5 Å². The van der Waals surface area contributed by atoms with Gasteiger partial charge in [-0.25, -0.2) is 0 Å². The van der Waals surface area contributed by atoms with E-state index < -0.39 is 0 Å².